The second kappa shape index (κ2) is 24.1. The van der Waals surface area contributed by atoms with Gasteiger partial charge in [-0.15, -0.1) is 21.5 Å². The molecule has 2 aromatic carbocycles. The molecule has 4 aliphatic rings. The molecule has 20 heteroatoms. The second-order valence-electron chi connectivity index (χ2n) is 20.8. The Morgan fingerprint density at radius 1 is 0.921 bits per heavy atom. The number of rotatable bonds is 21. The van der Waals surface area contributed by atoms with E-state index in [9.17, 15) is 14.7 Å². The number of ether oxygens (including phenoxy) is 3. The molecule has 0 radical (unpaired) electrons. The van der Waals surface area contributed by atoms with Crippen molar-refractivity contribution in [2.45, 2.75) is 89.6 Å². The standard InChI is InChI=1S/C56H70N12O7S/c1-36(2)52(56(71)67-33-44(69)27-48(67)55(70)59-30-38-11-13-39(14-12-38)53-37(3)60-34-76-53)50-29-51(63-75-50)73-25-24-65-22-20-64(21-23-65)19-7-8-40-26-41(17-18-58-40)68-42-15-16-43(68)32-66(31-42)47-28-46(61-62-54(47)57)45-9-5-6-10-49(45)74-35-72-4/h5-6,9-14,17-18,26,28-29,34,36,42-44,48,52,69H,7-8,15-16,19-25,27,30-33,35H2,1-4H3,(H2,57,62)(H,59,70)/t42?,43?,44-,48+,52?/m1/s1. The number of β-amino-alcohol motifs (C(OH)–C–C–N with tert-alkyl or cyclic N) is 1. The summed E-state index contributed by atoms with van der Waals surface area (Å²) in [6.45, 7) is 14.1. The summed E-state index contributed by atoms with van der Waals surface area (Å²) in [4.78, 5) is 49.4. The van der Waals surface area contributed by atoms with E-state index >= 15 is 0 Å². The van der Waals surface area contributed by atoms with Gasteiger partial charge >= 0.3 is 0 Å². The van der Waals surface area contributed by atoms with E-state index in [0.29, 0.717) is 54.1 Å². The van der Waals surface area contributed by atoms with Crippen LogP contribution in [0, 0.1) is 12.8 Å². The van der Waals surface area contributed by atoms with Crippen molar-refractivity contribution < 1.29 is 33.4 Å². The van der Waals surface area contributed by atoms with Crippen molar-refractivity contribution >= 4 is 40.3 Å². The Hall–Kier alpha value is -6.71. The number of nitrogen functional groups attached to an aromatic ring is 1. The van der Waals surface area contributed by atoms with Gasteiger partial charge in [0.05, 0.1) is 33.6 Å². The van der Waals surface area contributed by atoms with Crippen molar-refractivity contribution in [2.75, 3.05) is 94.9 Å². The summed E-state index contributed by atoms with van der Waals surface area (Å²) in [5, 5.41) is 26.7. The van der Waals surface area contributed by atoms with E-state index in [1.54, 1.807) is 24.5 Å². The van der Waals surface area contributed by atoms with E-state index in [1.807, 2.05) is 87.1 Å². The number of carbonyl (C=O) groups is 2. The molecule has 0 aliphatic carbocycles. The minimum absolute atomic E-state index is 0.0647. The molecule has 6 aromatic rings. The van der Waals surface area contributed by atoms with Gasteiger partial charge in [-0.05, 0) is 91.7 Å². The Bertz CT molecular complexity index is 2900. The smallest absolute Gasteiger partial charge is 0.254 e. The Morgan fingerprint density at radius 3 is 2.42 bits per heavy atom. The maximum atomic E-state index is 14.2. The Balaban J connectivity index is 0.651. The molecule has 0 spiro atoms. The van der Waals surface area contributed by atoms with Gasteiger partial charge in [0.25, 0.3) is 5.88 Å². The molecule has 4 N–H and O–H groups in total. The van der Waals surface area contributed by atoms with E-state index in [2.05, 4.69) is 57.4 Å². The fraction of sp³-hybridized carbons (Fsp3) is 0.482. The van der Waals surface area contributed by atoms with Gasteiger partial charge in [-0.25, -0.2) is 4.98 Å². The molecule has 4 fully saturated rings. The molecule has 8 heterocycles. The summed E-state index contributed by atoms with van der Waals surface area (Å²) in [5.74, 6) is 0.348. The van der Waals surface area contributed by atoms with E-state index in [4.69, 9.17) is 29.5 Å². The Morgan fingerprint density at radius 2 is 1.68 bits per heavy atom. The van der Waals surface area contributed by atoms with E-state index in [0.717, 1.165) is 117 Å². The maximum absolute atomic E-state index is 14.2. The van der Waals surface area contributed by atoms with E-state index in [-0.39, 0.29) is 37.5 Å². The highest BCUT2D eigenvalue weighted by molar-refractivity contribution is 7.13. The Kier molecular flexibility index (Phi) is 16.7. The molecule has 2 amide bonds. The number of aryl methyl sites for hydroxylation is 2. The van der Waals surface area contributed by atoms with E-state index in [1.165, 1.54) is 10.6 Å². The first kappa shape index (κ1) is 52.7. The van der Waals surface area contributed by atoms with Crippen molar-refractivity contribution in [3.8, 4) is 33.3 Å². The number of fused-ring (bicyclic) bond motifs is 2. The lowest BCUT2D eigenvalue weighted by molar-refractivity contribution is -0.141. The number of amides is 2. The predicted molar refractivity (Wildman–Crippen MR) is 291 cm³/mol. The molecule has 10 rings (SSSR count). The van der Waals surface area contributed by atoms with Crippen LogP contribution in [0.2, 0.25) is 0 Å². The number of aliphatic hydroxyl groups is 1. The van der Waals surface area contributed by atoms with Crippen molar-refractivity contribution in [3.05, 3.63) is 107 Å². The van der Waals surface area contributed by atoms with Crippen molar-refractivity contribution in [1.82, 2.24) is 45.3 Å². The average Bonchev–Trinajstić information content (AvgIpc) is 4.24. The first-order valence-electron chi connectivity index (χ1n) is 26.6. The van der Waals surface area contributed by atoms with Crippen LogP contribution < -0.4 is 30.3 Å². The molecule has 4 saturated heterocycles. The largest absolute Gasteiger partial charge is 0.474 e. The molecular weight excluding hydrogens is 985 g/mol. The third-order valence-electron chi connectivity index (χ3n) is 15.3. The highest BCUT2D eigenvalue weighted by atomic mass is 32.1. The van der Waals surface area contributed by atoms with Crippen LogP contribution in [-0.4, -0.2) is 161 Å². The van der Waals surface area contributed by atoms with Crippen LogP contribution in [0.15, 0.2) is 89.0 Å². The number of nitrogens with zero attached hydrogens (tertiary/aromatic N) is 10. The van der Waals surface area contributed by atoms with Crippen molar-refractivity contribution in [3.63, 3.8) is 0 Å². The molecular formula is C56H70N12O7S. The van der Waals surface area contributed by atoms with Crippen molar-refractivity contribution in [2.24, 2.45) is 5.92 Å². The van der Waals surface area contributed by atoms with E-state index < -0.39 is 18.1 Å². The number of para-hydroxylation sites is 1. The zero-order valence-electron chi connectivity index (χ0n) is 43.9. The number of methoxy groups -OCH3 is 1. The van der Waals surface area contributed by atoms with Gasteiger partial charge in [0, 0.05) is 114 Å². The molecule has 4 aromatic heterocycles. The van der Waals surface area contributed by atoms with Crippen LogP contribution in [0.4, 0.5) is 17.2 Å². The zero-order chi connectivity index (χ0) is 52.7. The van der Waals surface area contributed by atoms with Gasteiger partial charge in [0.15, 0.2) is 18.4 Å². The van der Waals surface area contributed by atoms with Gasteiger partial charge in [-0.3, -0.25) is 19.5 Å². The number of nitrogens with one attached hydrogen (secondary N) is 1. The van der Waals surface area contributed by atoms with Gasteiger partial charge in [0.2, 0.25) is 11.8 Å². The lowest BCUT2D eigenvalue weighted by atomic mass is 9.91. The SMILES string of the molecule is COCOc1ccccc1-c1cc(N2CC3CCC(C2)N3c2ccnc(CCCN3CCN(CCOc4cc(C(C(=O)N5C[C@H](O)C[C@H]5C(=O)NCc5ccc(-c6scnc6C)cc5)C(C)C)on4)CC3)c2)c(N)nn1. The summed E-state index contributed by atoms with van der Waals surface area (Å²) < 4.78 is 22.8. The number of likely N-dealkylation sites (tertiary alicyclic amines) is 1. The van der Waals surface area contributed by atoms with Gasteiger partial charge in [-0.2, -0.15) is 0 Å². The number of anilines is 3. The molecule has 0 saturated carbocycles. The van der Waals surface area contributed by atoms with Crippen molar-refractivity contribution in [1.29, 1.82) is 0 Å². The quantitative estimate of drug-likeness (QED) is 0.0702. The number of thiazole rings is 1. The highest BCUT2D eigenvalue weighted by Gasteiger charge is 2.44. The number of carbonyl (C=O) groups excluding carboxylic acids is 2. The lowest BCUT2D eigenvalue weighted by Crippen LogP contribution is -2.54. The van der Waals surface area contributed by atoms with Crippen LogP contribution in [0.5, 0.6) is 11.6 Å². The molecule has 76 heavy (non-hydrogen) atoms. The van der Waals surface area contributed by atoms with Crippen LogP contribution >= 0.6 is 11.3 Å². The molecule has 5 atom stereocenters. The molecule has 19 nitrogen and oxygen atoms in total. The van der Waals surface area contributed by atoms with Crippen LogP contribution in [0.25, 0.3) is 21.7 Å². The van der Waals surface area contributed by atoms with Gasteiger partial charge in [0.1, 0.15) is 24.3 Å². The number of aliphatic hydroxyl groups excluding tert-OH is 1. The predicted octanol–water partition coefficient (Wildman–Crippen LogP) is 6.03. The number of hydrogen-bond acceptors (Lipinski definition) is 18. The number of benzene rings is 2. The Labute approximate surface area is 448 Å². The second-order valence-corrected chi connectivity index (χ2v) is 21.6. The highest BCUT2D eigenvalue weighted by Crippen LogP contribution is 2.40. The fourth-order valence-corrected chi connectivity index (χ4v) is 12.2. The normalized spacial score (nSPS) is 20.4. The van der Waals surface area contributed by atoms with Crippen LogP contribution in [0.3, 0.4) is 0 Å². The monoisotopic (exact) mass is 1050 g/mol. The van der Waals surface area contributed by atoms with Crippen LogP contribution in [-0.2, 0) is 27.3 Å². The molecule has 4 aliphatic heterocycles. The van der Waals surface area contributed by atoms with Gasteiger partial charge in [-0.1, -0.05) is 50.2 Å². The summed E-state index contributed by atoms with van der Waals surface area (Å²) in [5.41, 5.74) is 16.1. The molecule has 402 valence electrons. The molecule has 3 unspecified atom stereocenters. The summed E-state index contributed by atoms with van der Waals surface area (Å²) in [7, 11) is 1.60. The van der Waals surface area contributed by atoms with Gasteiger partial charge < -0.3 is 54.5 Å². The number of hydrogen-bond donors (Lipinski definition) is 3. The first-order chi connectivity index (χ1) is 37.0. The topological polar surface area (TPSA) is 214 Å². The summed E-state index contributed by atoms with van der Waals surface area (Å²) >= 11 is 1.59. The lowest BCUT2D eigenvalue weighted by Gasteiger charge is -2.43. The summed E-state index contributed by atoms with van der Waals surface area (Å²) in [6, 6.07) is 23.8. The third-order valence-corrected chi connectivity index (χ3v) is 16.3. The fourth-order valence-electron chi connectivity index (χ4n) is 11.4. The number of aromatic nitrogens is 5. The summed E-state index contributed by atoms with van der Waals surface area (Å²) in [6.07, 6.45) is 5.48. The average molecular weight is 1060 g/mol. The molecule has 2 bridgehead atoms. The zero-order valence-corrected chi connectivity index (χ0v) is 44.7. The number of nitrogens with two attached hydrogens (primary N) is 1. The number of pyridine rings is 1. The first-order valence-corrected chi connectivity index (χ1v) is 27.5. The maximum Gasteiger partial charge on any atom is 0.254 e. The number of piperazine rings is 2. The minimum Gasteiger partial charge on any atom is -0.474 e. The third kappa shape index (κ3) is 12.1. The minimum atomic E-state index is -0.811. The van der Waals surface area contributed by atoms with Crippen LogP contribution in [0.1, 0.15) is 68.2 Å².